The summed E-state index contributed by atoms with van der Waals surface area (Å²) in [4.78, 5) is 20.3. The number of aryl methyl sites for hydroxylation is 1. The van der Waals surface area contributed by atoms with Crippen molar-refractivity contribution in [3.05, 3.63) is 21.9 Å². The first kappa shape index (κ1) is 23.7. The Morgan fingerprint density at radius 2 is 1.77 bits per heavy atom. The second-order valence-corrected chi connectivity index (χ2v) is 8.14. The van der Waals surface area contributed by atoms with Crippen molar-refractivity contribution in [2.75, 3.05) is 45.9 Å². The van der Waals surface area contributed by atoms with Crippen LogP contribution < -0.4 is 5.73 Å². The zero-order valence-electron chi connectivity index (χ0n) is 15.4. The molecule has 8 heteroatoms. The van der Waals surface area contributed by atoms with Crippen molar-refractivity contribution in [2.45, 2.75) is 32.7 Å². The third kappa shape index (κ3) is 5.33. The molecular formula is C18H31Cl2N3O2S. The zero-order chi connectivity index (χ0) is 17.0. The van der Waals surface area contributed by atoms with Gasteiger partial charge in [0.2, 0.25) is 5.91 Å². The predicted octanol–water partition coefficient (Wildman–Crippen LogP) is 2.55. The van der Waals surface area contributed by atoms with Gasteiger partial charge in [-0.05, 0) is 31.4 Å². The summed E-state index contributed by atoms with van der Waals surface area (Å²) in [6.07, 6.45) is 2.63. The third-order valence-electron chi connectivity index (χ3n) is 5.40. The van der Waals surface area contributed by atoms with Crippen LogP contribution in [0.4, 0.5) is 0 Å². The van der Waals surface area contributed by atoms with Crippen LogP contribution >= 0.6 is 36.2 Å². The number of rotatable bonds is 5. The molecule has 2 aliphatic rings. The van der Waals surface area contributed by atoms with Crippen molar-refractivity contribution in [1.82, 2.24) is 9.80 Å². The molecule has 3 heterocycles. The van der Waals surface area contributed by atoms with E-state index in [2.05, 4.69) is 24.0 Å². The predicted molar refractivity (Wildman–Crippen MR) is 112 cm³/mol. The van der Waals surface area contributed by atoms with Crippen molar-refractivity contribution in [2.24, 2.45) is 11.1 Å². The first-order valence-electron chi connectivity index (χ1n) is 9.04. The third-order valence-corrected chi connectivity index (χ3v) is 6.61. The molecule has 0 bridgehead atoms. The van der Waals surface area contributed by atoms with Gasteiger partial charge in [0.15, 0.2) is 0 Å². The van der Waals surface area contributed by atoms with Gasteiger partial charge in [-0.25, -0.2) is 0 Å². The number of carbonyl (C=O) groups excluding carboxylic acids is 1. The maximum atomic E-state index is 13.0. The summed E-state index contributed by atoms with van der Waals surface area (Å²) >= 11 is 1.91. The average Bonchev–Trinajstić information content (AvgIpc) is 3.10. The maximum absolute atomic E-state index is 13.0. The number of halogens is 2. The van der Waals surface area contributed by atoms with Crippen molar-refractivity contribution in [1.29, 1.82) is 0 Å². The Balaban J connectivity index is 0.00000169. The van der Waals surface area contributed by atoms with Gasteiger partial charge in [0.1, 0.15) is 0 Å². The van der Waals surface area contributed by atoms with E-state index >= 15 is 0 Å². The molecule has 3 rings (SSSR count). The summed E-state index contributed by atoms with van der Waals surface area (Å²) in [5, 5.41) is 0. The molecule has 0 saturated carbocycles. The van der Waals surface area contributed by atoms with E-state index < -0.39 is 0 Å². The molecule has 1 aromatic rings. The van der Waals surface area contributed by atoms with Gasteiger partial charge < -0.3 is 15.4 Å². The molecule has 1 amide bonds. The van der Waals surface area contributed by atoms with E-state index in [9.17, 15) is 4.79 Å². The Labute approximate surface area is 173 Å². The molecule has 0 spiro atoms. The van der Waals surface area contributed by atoms with Crippen LogP contribution in [0, 0.1) is 5.41 Å². The van der Waals surface area contributed by atoms with Crippen LogP contribution in [0.2, 0.25) is 0 Å². The lowest BCUT2D eigenvalue weighted by Gasteiger charge is -2.42. The Morgan fingerprint density at radius 1 is 1.15 bits per heavy atom. The van der Waals surface area contributed by atoms with Crippen molar-refractivity contribution >= 4 is 42.1 Å². The number of nitrogens with zero attached hydrogens (tertiary/aromatic N) is 2. The van der Waals surface area contributed by atoms with E-state index in [0.717, 1.165) is 52.0 Å². The minimum absolute atomic E-state index is 0. The van der Waals surface area contributed by atoms with E-state index in [0.29, 0.717) is 19.8 Å². The molecule has 1 aromatic heterocycles. The van der Waals surface area contributed by atoms with Gasteiger partial charge in [-0.3, -0.25) is 9.69 Å². The van der Waals surface area contributed by atoms with Crippen LogP contribution in [0.1, 0.15) is 29.5 Å². The molecule has 0 radical (unpaired) electrons. The van der Waals surface area contributed by atoms with Gasteiger partial charge in [-0.1, -0.05) is 6.92 Å². The first-order valence-corrected chi connectivity index (χ1v) is 9.85. The number of piperazine rings is 1. The van der Waals surface area contributed by atoms with E-state index in [1.54, 1.807) is 0 Å². The molecule has 2 fully saturated rings. The van der Waals surface area contributed by atoms with E-state index in [4.69, 9.17) is 10.5 Å². The van der Waals surface area contributed by atoms with Crippen LogP contribution in [0.3, 0.4) is 0 Å². The molecule has 0 unspecified atom stereocenters. The van der Waals surface area contributed by atoms with Crippen LogP contribution in [0.25, 0.3) is 0 Å². The summed E-state index contributed by atoms with van der Waals surface area (Å²) in [6, 6.07) is 4.47. The Hall–Kier alpha value is -0.370. The maximum Gasteiger partial charge on any atom is 0.230 e. The van der Waals surface area contributed by atoms with E-state index in [1.165, 1.54) is 9.75 Å². The normalized spacial score (nSPS) is 20.2. The quantitative estimate of drug-likeness (QED) is 0.790. The summed E-state index contributed by atoms with van der Waals surface area (Å²) < 4.78 is 5.43. The van der Waals surface area contributed by atoms with Gasteiger partial charge >= 0.3 is 0 Å². The molecule has 5 nitrogen and oxygen atoms in total. The fourth-order valence-electron chi connectivity index (χ4n) is 3.63. The van der Waals surface area contributed by atoms with Gasteiger partial charge in [0.05, 0.1) is 5.41 Å². The summed E-state index contributed by atoms with van der Waals surface area (Å²) in [7, 11) is 0. The zero-order valence-corrected chi connectivity index (χ0v) is 17.9. The van der Waals surface area contributed by atoms with E-state index in [1.807, 2.05) is 16.2 Å². The number of amides is 1. The number of ether oxygens (including phenoxy) is 1. The number of hydrogen-bond donors (Lipinski definition) is 1. The van der Waals surface area contributed by atoms with Crippen molar-refractivity contribution < 1.29 is 9.53 Å². The first-order chi connectivity index (χ1) is 11.7. The molecule has 2 saturated heterocycles. The summed E-state index contributed by atoms with van der Waals surface area (Å²) in [5.41, 5.74) is 5.59. The highest BCUT2D eigenvalue weighted by molar-refractivity contribution is 7.11. The van der Waals surface area contributed by atoms with Crippen molar-refractivity contribution in [3.63, 3.8) is 0 Å². The molecule has 150 valence electrons. The van der Waals surface area contributed by atoms with Crippen molar-refractivity contribution in [3.8, 4) is 0 Å². The molecular weight excluding hydrogens is 393 g/mol. The Morgan fingerprint density at radius 3 is 2.31 bits per heavy atom. The number of hydrogen-bond acceptors (Lipinski definition) is 5. The number of thiophene rings is 1. The highest BCUT2D eigenvalue weighted by Crippen LogP contribution is 2.32. The van der Waals surface area contributed by atoms with Crippen LogP contribution in [-0.4, -0.2) is 61.6 Å². The smallest absolute Gasteiger partial charge is 0.230 e. The Bertz CT molecular complexity index is 556. The summed E-state index contributed by atoms with van der Waals surface area (Å²) in [6.45, 7) is 8.46. The molecule has 0 atom stereocenters. The fourth-order valence-corrected chi connectivity index (χ4v) is 4.63. The highest BCUT2D eigenvalue weighted by Gasteiger charge is 2.42. The molecule has 0 aromatic carbocycles. The monoisotopic (exact) mass is 423 g/mol. The van der Waals surface area contributed by atoms with Gasteiger partial charge in [-0.2, -0.15) is 0 Å². The average molecular weight is 424 g/mol. The molecule has 2 aliphatic heterocycles. The second-order valence-electron chi connectivity index (χ2n) is 6.89. The standard InChI is InChI=1S/C18H29N3O2S.2ClH/c1-2-15-3-4-16(24-15)13-20-7-9-21(10-8-20)17(22)18(14-19)5-11-23-12-6-18;;/h3-4H,2,5-14,19H2,1H3;2*1H. The minimum Gasteiger partial charge on any atom is -0.381 e. The lowest BCUT2D eigenvalue weighted by atomic mass is 9.78. The fraction of sp³-hybridized carbons (Fsp3) is 0.722. The SMILES string of the molecule is CCc1ccc(CN2CCN(C(=O)C3(CN)CCOCC3)CC2)s1.Cl.Cl. The number of carbonyl (C=O) groups is 1. The van der Waals surface area contributed by atoms with Crippen LogP contribution in [0.5, 0.6) is 0 Å². The molecule has 0 aliphatic carbocycles. The lowest BCUT2D eigenvalue weighted by molar-refractivity contribution is -0.149. The lowest BCUT2D eigenvalue weighted by Crippen LogP contribution is -2.56. The second kappa shape index (κ2) is 10.8. The van der Waals surface area contributed by atoms with E-state index in [-0.39, 0.29) is 36.1 Å². The largest absolute Gasteiger partial charge is 0.381 e. The van der Waals surface area contributed by atoms with Gasteiger partial charge in [0.25, 0.3) is 0 Å². The topological polar surface area (TPSA) is 58.8 Å². The van der Waals surface area contributed by atoms with Crippen LogP contribution in [0.15, 0.2) is 12.1 Å². The van der Waals surface area contributed by atoms with Gasteiger partial charge in [0, 0.05) is 62.2 Å². The highest BCUT2D eigenvalue weighted by atomic mass is 35.5. The van der Waals surface area contributed by atoms with Crippen LogP contribution in [-0.2, 0) is 22.5 Å². The molecule has 26 heavy (non-hydrogen) atoms. The Kier molecular flexibility index (Phi) is 9.86. The summed E-state index contributed by atoms with van der Waals surface area (Å²) in [5.74, 6) is 0.248. The van der Waals surface area contributed by atoms with Gasteiger partial charge in [-0.15, -0.1) is 36.2 Å². The molecule has 2 N–H and O–H groups in total. The minimum atomic E-state index is -0.385. The number of nitrogens with two attached hydrogens (primary N) is 1.